The van der Waals surface area contributed by atoms with Gasteiger partial charge < -0.3 is 4.90 Å². The summed E-state index contributed by atoms with van der Waals surface area (Å²) in [6, 6.07) is 12.1. The zero-order valence-corrected chi connectivity index (χ0v) is 12.6. The molecule has 0 N–H and O–H groups in total. The van der Waals surface area contributed by atoms with E-state index in [1.807, 2.05) is 23.1 Å². The van der Waals surface area contributed by atoms with Gasteiger partial charge in [0.05, 0.1) is 5.69 Å². The zero-order chi connectivity index (χ0) is 15.5. The first-order chi connectivity index (χ1) is 10.6. The average Bonchev–Trinajstić information content (AvgIpc) is 2.56. The van der Waals surface area contributed by atoms with Gasteiger partial charge in [-0.1, -0.05) is 25.1 Å². The van der Waals surface area contributed by atoms with Crippen molar-refractivity contribution in [3.63, 3.8) is 0 Å². The highest BCUT2D eigenvalue weighted by molar-refractivity contribution is 5.92. The van der Waals surface area contributed by atoms with Crippen LogP contribution in [0.2, 0.25) is 0 Å². The van der Waals surface area contributed by atoms with Crippen LogP contribution >= 0.6 is 0 Å². The Morgan fingerprint density at radius 1 is 1.09 bits per heavy atom. The quantitative estimate of drug-likeness (QED) is 0.853. The maximum atomic E-state index is 12.5. The van der Waals surface area contributed by atoms with Gasteiger partial charge in [-0.2, -0.15) is 9.78 Å². The number of nitrogens with zero attached hydrogens (tertiary/aromatic N) is 3. The van der Waals surface area contributed by atoms with Crippen molar-refractivity contribution >= 4 is 5.91 Å². The Kier molecular flexibility index (Phi) is 4.04. The second-order valence-electron chi connectivity index (χ2n) is 5.78. The van der Waals surface area contributed by atoms with Crippen molar-refractivity contribution in [1.29, 1.82) is 0 Å². The highest BCUT2D eigenvalue weighted by atomic mass is 16.2. The molecule has 1 amide bonds. The van der Waals surface area contributed by atoms with Gasteiger partial charge >= 0.3 is 0 Å². The number of hydrogen-bond donors (Lipinski definition) is 0. The lowest BCUT2D eigenvalue weighted by Gasteiger charge is -2.30. The first kappa shape index (κ1) is 14.5. The highest BCUT2D eigenvalue weighted by Gasteiger charge is 2.22. The number of para-hydroxylation sites is 1. The number of aromatic nitrogens is 2. The molecule has 0 atom stereocenters. The number of likely N-dealkylation sites (tertiary alicyclic amines) is 1. The number of hydrogen-bond acceptors (Lipinski definition) is 3. The number of rotatable bonds is 2. The minimum Gasteiger partial charge on any atom is -0.337 e. The lowest BCUT2D eigenvalue weighted by Crippen LogP contribution is -2.39. The van der Waals surface area contributed by atoms with E-state index in [0.29, 0.717) is 17.3 Å². The first-order valence-corrected chi connectivity index (χ1v) is 7.60. The summed E-state index contributed by atoms with van der Waals surface area (Å²) in [5.74, 6) is 0.562. The molecule has 22 heavy (non-hydrogen) atoms. The third-order valence-electron chi connectivity index (χ3n) is 4.09. The first-order valence-electron chi connectivity index (χ1n) is 7.60. The van der Waals surface area contributed by atoms with Crippen molar-refractivity contribution in [2.45, 2.75) is 19.8 Å². The van der Waals surface area contributed by atoms with Crippen molar-refractivity contribution in [3.05, 3.63) is 58.5 Å². The lowest BCUT2D eigenvalue weighted by molar-refractivity contribution is 0.0689. The molecule has 2 heterocycles. The van der Waals surface area contributed by atoms with E-state index >= 15 is 0 Å². The monoisotopic (exact) mass is 297 g/mol. The van der Waals surface area contributed by atoms with Crippen LogP contribution in [0.4, 0.5) is 0 Å². The minimum absolute atomic E-state index is 0.100. The van der Waals surface area contributed by atoms with Crippen LogP contribution < -0.4 is 5.56 Å². The van der Waals surface area contributed by atoms with Gasteiger partial charge in [0.25, 0.3) is 11.5 Å². The predicted octanol–water partition coefficient (Wildman–Crippen LogP) is 2.10. The molecule has 1 aliphatic heterocycles. The molecule has 1 aromatic carbocycles. The van der Waals surface area contributed by atoms with Crippen molar-refractivity contribution in [3.8, 4) is 5.69 Å². The standard InChI is InChI=1S/C17H19N3O2/c1-13-9-11-19(12-10-13)17(22)15-7-8-16(21)20(18-15)14-5-3-2-4-6-14/h2-8,13H,9-12H2,1H3. The highest BCUT2D eigenvalue weighted by Crippen LogP contribution is 2.17. The third-order valence-corrected chi connectivity index (χ3v) is 4.09. The van der Waals surface area contributed by atoms with Gasteiger partial charge in [0.1, 0.15) is 5.69 Å². The van der Waals surface area contributed by atoms with Crippen LogP contribution in [0.1, 0.15) is 30.3 Å². The van der Waals surface area contributed by atoms with Crippen LogP contribution in [0, 0.1) is 5.92 Å². The van der Waals surface area contributed by atoms with E-state index in [2.05, 4.69) is 12.0 Å². The minimum atomic E-state index is -0.241. The van der Waals surface area contributed by atoms with Gasteiger partial charge in [-0.25, -0.2) is 0 Å². The average molecular weight is 297 g/mol. The lowest BCUT2D eigenvalue weighted by atomic mass is 9.99. The van der Waals surface area contributed by atoms with Gasteiger partial charge in [0.2, 0.25) is 0 Å². The Morgan fingerprint density at radius 2 is 1.77 bits per heavy atom. The van der Waals surface area contributed by atoms with Gasteiger partial charge in [-0.05, 0) is 37.0 Å². The summed E-state index contributed by atoms with van der Waals surface area (Å²) in [5, 5.41) is 4.25. The molecule has 0 radical (unpaired) electrons. The summed E-state index contributed by atoms with van der Waals surface area (Å²) in [6.45, 7) is 3.72. The van der Waals surface area contributed by atoms with Crippen molar-refractivity contribution < 1.29 is 4.79 Å². The molecule has 1 fully saturated rings. The Morgan fingerprint density at radius 3 is 2.45 bits per heavy atom. The molecule has 0 spiro atoms. The Balaban J connectivity index is 1.89. The fourth-order valence-corrected chi connectivity index (χ4v) is 2.65. The molecule has 5 heteroatoms. The second kappa shape index (κ2) is 6.13. The van der Waals surface area contributed by atoms with E-state index in [1.165, 1.54) is 16.8 Å². The molecule has 0 aliphatic carbocycles. The van der Waals surface area contributed by atoms with Crippen LogP contribution in [0.5, 0.6) is 0 Å². The van der Waals surface area contributed by atoms with Gasteiger partial charge in [-0.3, -0.25) is 9.59 Å². The molecule has 5 nitrogen and oxygen atoms in total. The summed E-state index contributed by atoms with van der Waals surface area (Å²) in [5.41, 5.74) is 0.738. The molecule has 1 aromatic heterocycles. The normalized spacial score (nSPS) is 15.8. The Bertz CT molecular complexity index is 716. The largest absolute Gasteiger partial charge is 0.337 e. The van der Waals surface area contributed by atoms with Gasteiger partial charge in [0.15, 0.2) is 0 Å². The molecule has 0 saturated carbocycles. The predicted molar refractivity (Wildman–Crippen MR) is 84.1 cm³/mol. The number of carbonyl (C=O) groups is 1. The topological polar surface area (TPSA) is 55.2 Å². The summed E-state index contributed by atoms with van der Waals surface area (Å²) >= 11 is 0. The van der Waals surface area contributed by atoms with E-state index in [9.17, 15) is 9.59 Å². The zero-order valence-electron chi connectivity index (χ0n) is 12.6. The SMILES string of the molecule is CC1CCN(C(=O)c2ccc(=O)n(-c3ccccc3)n2)CC1. The Labute approximate surface area is 129 Å². The smallest absolute Gasteiger partial charge is 0.274 e. The molecular formula is C17H19N3O2. The number of piperidine rings is 1. The van der Waals surface area contributed by atoms with Crippen molar-refractivity contribution in [2.24, 2.45) is 5.92 Å². The summed E-state index contributed by atoms with van der Waals surface area (Å²) in [7, 11) is 0. The van der Waals surface area contributed by atoms with Crippen LogP contribution in [-0.4, -0.2) is 33.7 Å². The summed E-state index contributed by atoms with van der Waals surface area (Å²) in [4.78, 5) is 26.4. The number of amides is 1. The van der Waals surface area contributed by atoms with Crippen molar-refractivity contribution in [2.75, 3.05) is 13.1 Å². The van der Waals surface area contributed by atoms with E-state index < -0.39 is 0 Å². The van der Waals surface area contributed by atoms with E-state index in [0.717, 1.165) is 25.9 Å². The second-order valence-corrected chi connectivity index (χ2v) is 5.78. The van der Waals surface area contributed by atoms with Crippen molar-refractivity contribution in [1.82, 2.24) is 14.7 Å². The number of carbonyl (C=O) groups excluding carboxylic acids is 1. The molecule has 3 rings (SSSR count). The maximum absolute atomic E-state index is 12.5. The fraction of sp³-hybridized carbons (Fsp3) is 0.353. The number of benzene rings is 1. The molecule has 0 unspecified atom stereocenters. The summed E-state index contributed by atoms with van der Waals surface area (Å²) < 4.78 is 1.28. The van der Waals surface area contributed by atoms with Gasteiger partial charge in [0, 0.05) is 19.2 Å². The molecule has 2 aromatic rings. The van der Waals surface area contributed by atoms with Gasteiger partial charge in [-0.15, -0.1) is 0 Å². The molecule has 1 saturated heterocycles. The van der Waals surface area contributed by atoms with E-state index in [-0.39, 0.29) is 11.5 Å². The summed E-state index contributed by atoms with van der Waals surface area (Å²) in [6.07, 6.45) is 2.04. The van der Waals surface area contributed by atoms with Crippen LogP contribution in [0.25, 0.3) is 5.69 Å². The fourth-order valence-electron chi connectivity index (χ4n) is 2.65. The molecule has 0 bridgehead atoms. The maximum Gasteiger partial charge on any atom is 0.274 e. The van der Waals surface area contributed by atoms with E-state index in [1.54, 1.807) is 12.1 Å². The van der Waals surface area contributed by atoms with E-state index in [4.69, 9.17) is 0 Å². The van der Waals surface area contributed by atoms with Crippen LogP contribution in [-0.2, 0) is 0 Å². The third kappa shape index (κ3) is 2.93. The molecule has 1 aliphatic rings. The van der Waals surface area contributed by atoms with Crippen LogP contribution in [0.15, 0.2) is 47.3 Å². The molecule has 114 valence electrons. The Hall–Kier alpha value is -2.43. The molecular weight excluding hydrogens is 278 g/mol. The van der Waals surface area contributed by atoms with Crippen LogP contribution in [0.3, 0.4) is 0 Å².